The van der Waals surface area contributed by atoms with Crippen LogP contribution >= 0.6 is 0 Å². The van der Waals surface area contributed by atoms with Gasteiger partial charge in [0.05, 0.1) is 16.9 Å². The second kappa shape index (κ2) is 8.32. The molecule has 0 unspecified atom stereocenters. The lowest BCUT2D eigenvalue weighted by Crippen LogP contribution is -2.12. The second-order valence-corrected chi connectivity index (χ2v) is 6.99. The number of aryl methyl sites for hydroxylation is 3. The number of rotatable bonds is 6. The van der Waals surface area contributed by atoms with Gasteiger partial charge in [0.25, 0.3) is 5.91 Å². The number of amides is 1. The number of nitrogens with one attached hydrogen (secondary N) is 1. The standard InChI is InChI=1S/C23H23N5O2/c1-4-16-6-10-18(11-7-16)24-23(29)20-14-28(26-15(20)3)19-12-8-17(9-13-19)22-25-21(5-2)30-27-22/h6-14H,4-5H2,1-3H3,(H,24,29). The van der Waals surface area contributed by atoms with Crippen LogP contribution in [0.3, 0.4) is 0 Å². The van der Waals surface area contributed by atoms with Crippen molar-refractivity contribution in [2.75, 3.05) is 5.32 Å². The molecule has 0 radical (unpaired) electrons. The van der Waals surface area contributed by atoms with Gasteiger partial charge in [-0.25, -0.2) is 4.68 Å². The van der Waals surface area contributed by atoms with E-state index in [1.807, 2.05) is 62.4 Å². The summed E-state index contributed by atoms with van der Waals surface area (Å²) in [5.74, 6) is 0.986. The van der Waals surface area contributed by atoms with E-state index in [0.717, 1.165) is 23.4 Å². The van der Waals surface area contributed by atoms with Gasteiger partial charge < -0.3 is 9.84 Å². The molecule has 0 aliphatic carbocycles. The van der Waals surface area contributed by atoms with Gasteiger partial charge in [-0.3, -0.25) is 4.79 Å². The Balaban J connectivity index is 1.52. The van der Waals surface area contributed by atoms with Crippen molar-refractivity contribution in [2.45, 2.75) is 33.6 Å². The SMILES string of the molecule is CCc1ccc(NC(=O)c2cn(-c3ccc(-c4noc(CC)n4)cc3)nc2C)cc1. The summed E-state index contributed by atoms with van der Waals surface area (Å²) in [6, 6.07) is 15.5. The average Bonchev–Trinajstić information content (AvgIpc) is 3.41. The van der Waals surface area contributed by atoms with Crippen LogP contribution in [0.4, 0.5) is 5.69 Å². The van der Waals surface area contributed by atoms with Gasteiger partial charge in [0, 0.05) is 23.9 Å². The number of hydrogen-bond acceptors (Lipinski definition) is 5. The summed E-state index contributed by atoms with van der Waals surface area (Å²) >= 11 is 0. The number of aromatic nitrogens is 4. The molecule has 4 rings (SSSR count). The summed E-state index contributed by atoms with van der Waals surface area (Å²) in [6.45, 7) is 5.89. The lowest BCUT2D eigenvalue weighted by molar-refractivity contribution is 0.102. The highest BCUT2D eigenvalue weighted by atomic mass is 16.5. The van der Waals surface area contributed by atoms with E-state index in [2.05, 4.69) is 27.5 Å². The molecule has 1 amide bonds. The fourth-order valence-corrected chi connectivity index (χ4v) is 3.12. The molecular weight excluding hydrogens is 378 g/mol. The maximum Gasteiger partial charge on any atom is 0.259 e. The monoisotopic (exact) mass is 401 g/mol. The predicted octanol–water partition coefficient (Wildman–Crippen LogP) is 4.61. The fraction of sp³-hybridized carbons (Fsp3) is 0.217. The van der Waals surface area contributed by atoms with Crippen molar-refractivity contribution in [2.24, 2.45) is 0 Å². The number of carbonyl (C=O) groups excluding carboxylic acids is 1. The zero-order valence-corrected chi connectivity index (χ0v) is 17.2. The first-order valence-corrected chi connectivity index (χ1v) is 9.97. The number of hydrogen-bond donors (Lipinski definition) is 1. The summed E-state index contributed by atoms with van der Waals surface area (Å²) in [5.41, 5.74) is 4.89. The quantitative estimate of drug-likeness (QED) is 0.510. The second-order valence-electron chi connectivity index (χ2n) is 6.99. The molecule has 152 valence electrons. The minimum atomic E-state index is -0.182. The summed E-state index contributed by atoms with van der Waals surface area (Å²) in [4.78, 5) is 17.1. The molecule has 2 aromatic heterocycles. The zero-order chi connectivity index (χ0) is 21.1. The molecule has 30 heavy (non-hydrogen) atoms. The fourth-order valence-electron chi connectivity index (χ4n) is 3.12. The largest absolute Gasteiger partial charge is 0.339 e. The molecule has 0 atom stereocenters. The first kappa shape index (κ1) is 19.6. The van der Waals surface area contributed by atoms with Gasteiger partial charge in [-0.15, -0.1) is 0 Å². The maximum absolute atomic E-state index is 12.7. The van der Waals surface area contributed by atoms with E-state index in [-0.39, 0.29) is 5.91 Å². The van der Waals surface area contributed by atoms with Crippen LogP contribution in [0.5, 0.6) is 0 Å². The van der Waals surface area contributed by atoms with Gasteiger partial charge in [-0.1, -0.05) is 31.1 Å². The van der Waals surface area contributed by atoms with Crippen molar-refractivity contribution >= 4 is 11.6 Å². The lowest BCUT2D eigenvalue weighted by Gasteiger charge is -2.05. The van der Waals surface area contributed by atoms with Gasteiger partial charge >= 0.3 is 0 Å². The van der Waals surface area contributed by atoms with Gasteiger partial charge in [0.2, 0.25) is 11.7 Å². The molecule has 7 heteroatoms. The normalized spacial score (nSPS) is 10.9. The molecule has 0 aliphatic heterocycles. The predicted molar refractivity (Wildman–Crippen MR) is 115 cm³/mol. The van der Waals surface area contributed by atoms with Crippen LogP contribution in [0, 0.1) is 6.92 Å². The van der Waals surface area contributed by atoms with Crippen LogP contribution in [0.15, 0.2) is 59.3 Å². The third kappa shape index (κ3) is 4.00. The summed E-state index contributed by atoms with van der Waals surface area (Å²) in [5, 5.41) is 11.4. The zero-order valence-electron chi connectivity index (χ0n) is 17.2. The summed E-state index contributed by atoms with van der Waals surface area (Å²) in [7, 11) is 0. The average molecular weight is 401 g/mol. The lowest BCUT2D eigenvalue weighted by atomic mass is 10.1. The van der Waals surface area contributed by atoms with Gasteiger partial charge in [-0.05, 0) is 55.3 Å². The number of carbonyl (C=O) groups is 1. The van der Waals surface area contributed by atoms with Gasteiger partial charge in [0.1, 0.15) is 0 Å². The molecule has 2 heterocycles. The van der Waals surface area contributed by atoms with Crippen molar-refractivity contribution in [3.05, 3.63) is 77.4 Å². The smallest absolute Gasteiger partial charge is 0.259 e. The molecular formula is C23H23N5O2. The van der Waals surface area contributed by atoms with E-state index in [9.17, 15) is 4.79 Å². The third-order valence-electron chi connectivity index (χ3n) is 4.92. The van der Waals surface area contributed by atoms with E-state index >= 15 is 0 Å². The third-order valence-corrected chi connectivity index (χ3v) is 4.92. The van der Waals surface area contributed by atoms with Crippen LogP contribution in [0.25, 0.3) is 17.1 Å². The Hall–Kier alpha value is -3.74. The molecule has 0 fully saturated rings. The Bertz CT molecular complexity index is 1160. The maximum atomic E-state index is 12.7. The molecule has 1 N–H and O–H groups in total. The van der Waals surface area contributed by atoms with Crippen molar-refractivity contribution in [3.63, 3.8) is 0 Å². The highest BCUT2D eigenvalue weighted by Gasteiger charge is 2.15. The van der Waals surface area contributed by atoms with Gasteiger partial charge in [-0.2, -0.15) is 10.1 Å². The van der Waals surface area contributed by atoms with E-state index in [0.29, 0.717) is 29.4 Å². The first-order chi connectivity index (χ1) is 14.6. The molecule has 4 aromatic rings. The van der Waals surface area contributed by atoms with E-state index in [1.54, 1.807) is 10.9 Å². The number of anilines is 1. The molecule has 7 nitrogen and oxygen atoms in total. The molecule has 0 aliphatic rings. The van der Waals surface area contributed by atoms with E-state index in [4.69, 9.17) is 4.52 Å². The highest BCUT2D eigenvalue weighted by molar-refractivity contribution is 6.04. The van der Waals surface area contributed by atoms with E-state index in [1.165, 1.54) is 5.56 Å². The summed E-state index contributed by atoms with van der Waals surface area (Å²) < 4.78 is 6.86. The number of benzene rings is 2. The van der Waals surface area contributed by atoms with Crippen LogP contribution in [-0.2, 0) is 12.8 Å². The Morgan fingerprint density at radius 2 is 1.77 bits per heavy atom. The Labute approximate surface area is 174 Å². The van der Waals surface area contributed by atoms with Crippen LogP contribution in [0.2, 0.25) is 0 Å². The Morgan fingerprint density at radius 3 is 2.40 bits per heavy atom. The molecule has 0 saturated heterocycles. The summed E-state index contributed by atoms with van der Waals surface area (Å²) in [6.07, 6.45) is 3.40. The minimum absolute atomic E-state index is 0.182. The van der Waals surface area contributed by atoms with Crippen molar-refractivity contribution in [1.82, 2.24) is 19.9 Å². The van der Waals surface area contributed by atoms with Crippen LogP contribution < -0.4 is 5.32 Å². The van der Waals surface area contributed by atoms with Gasteiger partial charge in [0.15, 0.2) is 0 Å². The molecule has 2 aromatic carbocycles. The van der Waals surface area contributed by atoms with Crippen molar-refractivity contribution in [3.8, 4) is 17.1 Å². The Morgan fingerprint density at radius 1 is 1.03 bits per heavy atom. The van der Waals surface area contributed by atoms with Crippen LogP contribution in [0.1, 0.15) is 41.4 Å². The van der Waals surface area contributed by atoms with Crippen molar-refractivity contribution in [1.29, 1.82) is 0 Å². The van der Waals surface area contributed by atoms with Crippen molar-refractivity contribution < 1.29 is 9.32 Å². The number of nitrogens with zero attached hydrogens (tertiary/aromatic N) is 4. The molecule has 0 saturated carbocycles. The topological polar surface area (TPSA) is 85.8 Å². The molecule has 0 spiro atoms. The van der Waals surface area contributed by atoms with E-state index < -0.39 is 0 Å². The highest BCUT2D eigenvalue weighted by Crippen LogP contribution is 2.20. The Kier molecular flexibility index (Phi) is 5.43. The van der Waals surface area contributed by atoms with Crippen LogP contribution in [-0.4, -0.2) is 25.8 Å². The minimum Gasteiger partial charge on any atom is -0.339 e. The first-order valence-electron chi connectivity index (χ1n) is 9.97. The molecule has 0 bridgehead atoms.